The van der Waals surface area contributed by atoms with Crippen LogP contribution in [0.4, 0.5) is 9.59 Å². The third kappa shape index (κ3) is 9.06. The second kappa shape index (κ2) is 14.6. The molecule has 0 aromatic carbocycles. The Morgan fingerprint density at radius 1 is 0.909 bits per heavy atom. The minimum absolute atomic E-state index is 0.0665. The first-order chi connectivity index (χ1) is 20.5. The number of carbonyl (C=O) groups is 2. The van der Waals surface area contributed by atoms with Crippen molar-refractivity contribution in [1.82, 2.24) is 0 Å². The van der Waals surface area contributed by atoms with Gasteiger partial charge in [0.2, 0.25) is 5.76 Å². The summed E-state index contributed by atoms with van der Waals surface area (Å²) in [6, 6.07) is 0. The van der Waals surface area contributed by atoms with Crippen molar-refractivity contribution in [3.63, 3.8) is 0 Å². The van der Waals surface area contributed by atoms with E-state index in [9.17, 15) is 24.9 Å². The van der Waals surface area contributed by atoms with E-state index in [-0.39, 0.29) is 22.7 Å². The van der Waals surface area contributed by atoms with Gasteiger partial charge in [-0.1, -0.05) is 63.1 Å². The highest BCUT2D eigenvalue weighted by atomic mass is 16.7. The number of hydrogen-bond acceptors (Lipinski definition) is 10. The average Bonchev–Trinajstić information content (AvgIpc) is 2.91. The highest BCUT2D eigenvalue weighted by Crippen LogP contribution is 2.42. The van der Waals surface area contributed by atoms with E-state index in [1.165, 1.54) is 11.1 Å². The Morgan fingerprint density at radius 2 is 1.39 bits per heavy atom. The fraction of sp³-hybridized carbons (Fsp3) is 0.647. The normalized spacial score (nSPS) is 29.7. The number of allylic oxidation sites excluding steroid dienone is 6. The van der Waals surface area contributed by atoms with Crippen LogP contribution < -0.4 is 0 Å². The van der Waals surface area contributed by atoms with Crippen molar-refractivity contribution in [2.45, 2.75) is 112 Å². The van der Waals surface area contributed by atoms with Crippen LogP contribution in [-0.4, -0.2) is 64.8 Å². The third-order valence-corrected chi connectivity index (χ3v) is 8.92. The topological polar surface area (TPSA) is 141 Å². The molecule has 0 radical (unpaired) electrons. The molecular formula is C34H50O10. The molecular weight excluding hydrogens is 568 g/mol. The lowest BCUT2D eigenvalue weighted by molar-refractivity contribution is -0.148. The van der Waals surface area contributed by atoms with Gasteiger partial charge >= 0.3 is 18.3 Å². The molecule has 1 aliphatic heterocycles. The van der Waals surface area contributed by atoms with Crippen LogP contribution in [-0.2, 0) is 23.7 Å². The zero-order valence-electron chi connectivity index (χ0n) is 27.2. The second-order valence-electron chi connectivity index (χ2n) is 13.5. The second-order valence-corrected chi connectivity index (χ2v) is 13.5. The molecule has 0 amide bonds. The lowest BCUT2D eigenvalue weighted by atomic mass is 9.68. The SMILES string of the molecule is CC1=CCCC(C)(C)C1/C=C/C(C)OC(=O)OCC1OC(O)=C(O)C(OC(=O)OC(C)/C=C/C2C(C)=CCCC2(C)C)[C@@H]1O. The van der Waals surface area contributed by atoms with E-state index in [1.807, 2.05) is 12.2 Å². The summed E-state index contributed by atoms with van der Waals surface area (Å²) >= 11 is 0. The van der Waals surface area contributed by atoms with Gasteiger partial charge in [0.25, 0.3) is 0 Å². The third-order valence-electron chi connectivity index (χ3n) is 8.92. The first kappa shape index (κ1) is 35.1. The van der Waals surface area contributed by atoms with Gasteiger partial charge in [0, 0.05) is 11.8 Å². The van der Waals surface area contributed by atoms with Crippen LogP contribution in [0.5, 0.6) is 0 Å². The molecule has 2 aliphatic carbocycles. The van der Waals surface area contributed by atoms with Crippen LogP contribution in [0.1, 0.15) is 81.1 Å². The van der Waals surface area contributed by atoms with E-state index in [0.29, 0.717) is 0 Å². The Morgan fingerprint density at radius 3 is 1.86 bits per heavy atom. The molecule has 10 nitrogen and oxygen atoms in total. The minimum Gasteiger partial charge on any atom is -0.503 e. The Labute approximate surface area is 261 Å². The van der Waals surface area contributed by atoms with Crippen molar-refractivity contribution in [2.75, 3.05) is 6.61 Å². The van der Waals surface area contributed by atoms with Gasteiger partial charge in [0.05, 0.1) is 0 Å². The molecule has 0 saturated carbocycles. The summed E-state index contributed by atoms with van der Waals surface area (Å²) in [5.41, 5.74) is 2.68. The van der Waals surface area contributed by atoms with Crippen LogP contribution >= 0.6 is 0 Å². The predicted molar refractivity (Wildman–Crippen MR) is 165 cm³/mol. The molecule has 3 rings (SSSR count). The maximum Gasteiger partial charge on any atom is 0.509 e. The van der Waals surface area contributed by atoms with Crippen LogP contribution in [0.3, 0.4) is 0 Å². The van der Waals surface area contributed by atoms with Crippen LogP contribution in [0.25, 0.3) is 0 Å². The van der Waals surface area contributed by atoms with Gasteiger partial charge < -0.3 is 39.0 Å². The molecule has 0 aromatic heterocycles. The molecule has 0 aromatic rings. The number of ether oxygens (including phenoxy) is 5. The highest BCUT2D eigenvalue weighted by Gasteiger charge is 2.44. The summed E-state index contributed by atoms with van der Waals surface area (Å²) < 4.78 is 25.9. The standard InChI is InChI=1S/C34H50O10/c1-20-11-9-17-33(5,6)24(20)15-13-22(3)41-31(38)40-19-26-27(35)29(28(36)30(37)43-26)44-32(39)42-23(4)14-16-25-21(2)12-10-18-34(25,7)8/h11-16,22-27,29,35-37H,9-10,17-19H2,1-8H3/b15-13+,16-14+/t22?,23?,24?,25?,26?,27-,29?/m1/s1. The van der Waals surface area contributed by atoms with Crippen molar-refractivity contribution in [2.24, 2.45) is 22.7 Å². The number of hydrogen-bond donors (Lipinski definition) is 3. The van der Waals surface area contributed by atoms with E-state index in [2.05, 4.69) is 53.7 Å². The first-order valence-corrected chi connectivity index (χ1v) is 15.4. The van der Waals surface area contributed by atoms with Crippen molar-refractivity contribution >= 4 is 12.3 Å². The fourth-order valence-corrected chi connectivity index (χ4v) is 6.21. The van der Waals surface area contributed by atoms with Crippen molar-refractivity contribution in [3.05, 3.63) is 59.3 Å². The Balaban J connectivity index is 1.51. The van der Waals surface area contributed by atoms with E-state index < -0.39 is 61.1 Å². The smallest absolute Gasteiger partial charge is 0.503 e. The van der Waals surface area contributed by atoms with E-state index in [1.54, 1.807) is 26.0 Å². The summed E-state index contributed by atoms with van der Waals surface area (Å²) in [5, 5.41) is 31.0. The van der Waals surface area contributed by atoms with Crippen LogP contribution in [0, 0.1) is 22.7 Å². The largest absolute Gasteiger partial charge is 0.509 e. The summed E-state index contributed by atoms with van der Waals surface area (Å²) in [6.45, 7) is 15.8. The summed E-state index contributed by atoms with van der Waals surface area (Å²) in [4.78, 5) is 24.9. The van der Waals surface area contributed by atoms with Crippen molar-refractivity contribution < 1.29 is 48.6 Å². The molecule has 3 N–H and O–H groups in total. The van der Waals surface area contributed by atoms with Gasteiger partial charge in [-0.25, -0.2) is 9.59 Å². The number of aliphatic hydroxyl groups is 3. The van der Waals surface area contributed by atoms with Gasteiger partial charge in [-0.3, -0.25) is 0 Å². The zero-order valence-corrected chi connectivity index (χ0v) is 27.2. The molecule has 246 valence electrons. The molecule has 3 aliphatic rings. The van der Waals surface area contributed by atoms with Gasteiger partial charge in [0.1, 0.15) is 24.9 Å². The molecule has 0 bridgehead atoms. The van der Waals surface area contributed by atoms with Crippen molar-refractivity contribution in [1.29, 1.82) is 0 Å². The monoisotopic (exact) mass is 618 g/mol. The zero-order chi connectivity index (χ0) is 32.8. The van der Waals surface area contributed by atoms with E-state index in [4.69, 9.17) is 23.7 Å². The van der Waals surface area contributed by atoms with Crippen LogP contribution in [0.2, 0.25) is 0 Å². The fourth-order valence-electron chi connectivity index (χ4n) is 6.21. The van der Waals surface area contributed by atoms with Gasteiger partial charge in [0.15, 0.2) is 12.2 Å². The molecule has 44 heavy (non-hydrogen) atoms. The molecule has 0 spiro atoms. The molecule has 0 fully saturated rings. The lowest BCUT2D eigenvalue weighted by Gasteiger charge is -2.36. The predicted octanol–water partition coefficient (Wildman–Crippen LogP) is 7.36. The lowest BCUT2D eigenvalue weighted by Crippen LogP contribution is -2.49. The molecule has 10 heteroatoms. The molecule has 7 atom stereocenters. The van der Waals surface area contributed by atoms with Crippen LogP contribution in [0.15, 0.2) is 59.3 Å². The average molecular weight is 619 g/mol. The Hall–Kier alpha value is -3.40. The Bertz CT molecular complexity index is 1190. The molecule has 6 unspecified atom stereocenters. The first-order valence-electron chi connectivity index (χ1n) is 15.4. The number of carbonyl (C=O) groups excluding carboxylic acids is 2. The van der Waals surface area contributed by atoms with Gasteiger partial charge in [-0.2, -0.15) is 0 Å². The number of rotatable bonds is 9. The summed E-state index contributed by atoms with van der Waals surface area (Å²) in [6.07, 6.45) is 8.01. The Kier molecular flexibility index (Phi) is 11.6. The molecule has 0 saturated heterocycles. The minimum atomic E-state index is -1.71. The van der Waals surface area contributed by atoms with Crippen molar-refractivity contribution in [3.8, 4) is 0 Å². The summed E-state index contributed by atoms with van der Waals surface area (Å²) in [5.74, 6) is -1.45. The van der Waals surface area contributed by atoms with E-state index >= 15 is 0 Å². The summed E-state index contributed by atoms with van der Waals surface area (Å²) in [7, 11) is 0. The highest BCUT2D eigenvalue weighted by molar-refractivity contribution is 5.61. The number of aliphatic hydroxyl groups excluding tert-OH is 3. The van der Waals surface area contributed by atoms with E-state index in [0.717, 1.165) is 25.7 Å². The van der Waals surface area contributed by atoms with Gasteiger partial charge in [-0.15, -0.1) is 0 Å². The molecule has 1 heterocycles. The van der Waals surface area contributed by atoms with Gasteiger partial charge in [-0.05, 0) is 76.4 Å². The maximum atomic E-state index is 12.5. The maximum absolute atomic E-state index is 12.5. The quantitative estimate of drug-likeness (QED) is 0.177.